The van der Waals surface area contributed by atoms with Crippen LogP contribution in [-0.2, 0) is 9.63 Å². The Hall–Kier alpha value is -2.90. The molecular weight excluding hydrogens is 268 g/mol. The second-order valence-corrected chi connectivity index (χ2v) is 4.13. The molecule has 0 atom stereocenters. The summed E-state index contributed by atoms with van der Waals surface area (Å²) in [7, 11) is 0. The molecule has 0 fully saturated rings. The fourth-order valence-electron chi connectivity index (χ4n) is 1.90. The number of nitro benzene ring substituents is 1. The molecule has 102 valence electrons. The molecule has 0 N–H and O–H groups in total. The summed E-state index contributed by atoms with van der Waals surface area (Å²) in [6, 6.07) is 2.72. The van der Waals surface area contributed by atoms with Crippen molar-refractivity contribution in [2.24, 2.45) is 5.16 Å². The maximum atomic E-state index is 11.5. The van der Waals surface area contributed by atoms with Crippen molar-refractivity contribution in [2.45, 2.75) is 6.92 Å². The maximum absolute atomic E-state index is 11.5. The zero-order valence-electron chi connectivity index (χ0n) is 10.3. The number of nitrogens with zero attached hydrogens (tertiary/aromatic N) is 2. The van der Waals surface area contributed by atoms with E-state index in [0.717, 1.165) is 0 Å². The molecule has 0 bridgehead atoms. The lowest BCUT2D eigenvalue weighted by Gasteiger charge is -2.01. The number of hydrogen-bond donors (Lipinski definition) is 0. The molecule has 3 rings (SSSR count). The van der Waals surface area contributed by atoms with Gasteiger partial charge in [-0.25, -0.2) is 4.79 Å². The summed E-state index contributed by atoms with van der Waals surface area (Å²) in [4.78, 5) is 26.5. The van der Waals surface area contributed by atoms with E-state index in [4.69, 9.17) is 9.47 Å². The molecule has 0 spiro atoms. The van der Waals surface area contributed by atoms with Crippen LogP contribution in [0.3, 0.4) is 0 Å². The molecule has 20 heavy (non-hydrogen) atoms. The Morgan fingerprint density at radius 3 is 2.65 bits per heavy atom. The van der Waals surface area contributed by atoms with E-state index in [1.165, 1.54) is 18.2 Å². The van der Waals surface area contributed by atoms with Crippen molar-refractivity contribution in [3.8, 4) is 11.5 Å². The fourth-order valence-corrected chi connectivity index (χ4v) is 1.90. The highest BCUT2D eigenvalue weighted by Crippen LogP contribution is 2.39. The third-order valence-electron chi connectivity index (χ3n) is 2.89. The van der Waals surface area contributed by atoms with Crippen LogP contribution in [0.2, 0.25) is 0 Å². The molecule has 2 aliphatic rings. The Kier molecular flexibility index (Phi) is 2.63. The molecule has 0 radical (unpaired) electrons. The predicted molar refractivity (Wildman–Crippen MR) is 66.4 cm³/mol. The summed E-state index contributed by atoms with van der Waals surface area (Å²) in [6.07, 6.45) is 1.36. The van der Waals surface area contributed by atoms with Crippen LogP contribution in [0.1, 0.15) is 12.5 Å². The van der Waals surface area contributed by atoms with Crippen LogP contribution < -0.4 is 9.47 Å². The highest BCUT2D eigenvalue weighted by molar-refractivity contribution is 6.24. The van der Waals surface area contributed by atoms with Gasteiger partial charge in [0.25, 0.3) is 5.69 Å². The summed E-state index contributed by atoms with van der Waals surface area (Å²) >= 11 is 0. The molecule has 0 aliphatic carbocycles. The van der Waals surface area contributed by atoms with Gasteiger partial charge < -0.3 is 14.3 Å². The lowest BCUT2D eigenvalue weighted by molar-refractivity contribution is -0.385. The van der Waals surface area contributed by atoms with Crippen molar-refractivity contribution in [3.63, 3.8) is 0 Å². The summed E-state index contributed by atoms with van der Waals surface area (Å²) in [5.41, 5.74) is 0.575. The van der Waals surface area contributed by atoms with E-state index in [9.17, 15) is 14.9 Å². The quantitative estimate of drug-likeness (QED) is 0.352. The van der Waals surface area contributed by atoms with Gasteiger partial charge in [-0.1, -0.05) is 5.16 Å². The van der Waals surface area contributed by atoms with Crippen molar-refractivity contribution in [2.75, 3.05) is 6.79 Å². The topological polar surface area (TPSA) is 100 Å². The first-order valence-electron chi connectivity index (χ1n) is 5.62. The number of carbonyl (C=O) groups is 1. The van der Waals surface area contributed by atoms with Crippen molar-refractivity contribution in [1.29, 1.82) is 0 Å². The SMILES string of the molecule is CC1=NOC(=O)/C1=C/c1cc2c(cc1[N+](=O)[O-])OCO2. The van der Waals surface area contributed by atoms with Crippen molar-refractivity contribution in [1.82, 2.24) is 0 Å². The standard InChI is InChI=1S/C12H8N2O6/c1-6-8(12(15)20-13-6)2-7-3-10-11(19-5-18-10)4-9(7)14(16)17/h2-4H,5H2,1H3/b8-2+. The Labute approximate surface area is 112 Å². The molecule has 0 aromatic heterocycles. The van der Waals surface area contributed by atoms with Gasteiger partial charge in [-0.05, 0) is 19.1 Å². The molecule has 8 heteroatoms. The van der Waals surface area contributed by atoms with Gasteiger partial charge in [0.15, 0.2) is 11.5 Å². The lowest BCUT2D eigenvalue weighted by Crippen LogP contribution is -2.02. The Balaban J connectivity index is 2.13. The highest BCUT2D eigenvalue weighted by Gasteiger charge is 2.26. The number of rotatable bonds is 2. The van der Waals surface area contributed by atoms with Gasteiger partial charge in [0.05, 0.1) is 27.8 Å². The molecule has 0 saturated heterocycles. The maximum Gasteiger partial charge on any atom is 0.367 e. The third-order valence-corrected chi connectivity index (χ3v) is 2.89. The monoisotopic (exact) mass is 276 g/mol. The molecule has 0 saturated carbocycles. The van der Waals surface area contributed by atoms with Crippen LogP contribution in [0, 0.1) is 10.1 Å². The molecule has 1 aromatic carbocycles. The number of ether oxygens (including phenoxy) is 2. The first-order chi connectivity index (χ1) is 9.56. The normalized spacial score (nSPS) is 18.1. The van der Waals surface area contributed by atoms with E-state index in [0.29, 0.717) is 17.2 Å². The number of benzene rings is 1. The van der Waals surface area contributed by atoms with Gasteiger partial charge in [-0.15, -0.1) is 0 Å². The smallest absolute Gasteiger partial charge is 0.367 e. The van der Waals surface area contributed by atoms with Gasteiger partial charge in [-0.3, -0.25) is 10.1 Å². The van der Waals surface area contributed by atoms with Crippen LogP contribution in [0.15, 0.2) is 22.9 Å². The summed E-state index contributed by atoms with van der Waals surface area (Å²) in [5, 5.41) is 14.6. The molecular formula is C12H8N2O6. The van der Waals surface area contributed by atoms with Crippen molar-refractivity contribution in [3.05, 3.63) is 33.4 Å². The fraction of sp³-hybridized carbons (Fsp3) is 0.167. The molecule has 0 amide bonds. The number of carbonyl (C=O) groups excluding carboxylic acids is 1. The van der Waals surface area contributed by atoms with Crippen molar-refractivity contribution < 1.29 is 24.0 Å². The second-order valence-electron chi connectivity index (χ2n) is 4.13. The van der Waals surface area contributed by atoms with Crippen molar-refractivity contribution >= 4 is 23.4 Å². The largest absolute Gasteiger partial charge is 0.454 e. The minimum absolute atomic E-state index is 0.00897. The van der Waals surface area contributed by atoms with Gasteiger partial charge in [0.1, 0.15) is 0 Å². The Morgan fingerprint density at radius 1 is 1.35 bits per heavy atom. The summed E-state index contributed by atoms with van der Waals surface area (Å²) in [6.45, 7) is 1.59. The average molecular weight is 276 g/mol. The highest BCUT2D eigenvalue weighted by atomic mass is 16.7. The van der Waals surface area contributed by atoms with Gasteiger partial charge >= 0.3 is 5.97 Å². The predicted octanol–water partition coefficient (Wildman–Crippen LogP) is 1.64. The van der Waals surface area contributed by atoms with Gasteiger partial charge in [0, 0.05) is 0 Å². The molecule has 1 aromatic rings. The molecule has 0 unspecified atom stereocenters. The van der Waals surface area contributed by atoms with E-state index in [-0.39, 0.29) is 23.6 Å². The Bertz CT molecular complexity index is 691. The van der Waals surface area contributed by atoms with E-state index in [2.05, 4.69) is 9.99 Å². The Morgan fingerprint density at radius 2 is 2.05 bits per heavy atom. The number of oxime groups is 1. The van der Waals surface area contributed by atoms with Crippen LogP contribution in [-0.4, -0.2) is 23.4 Å². The number of fused-ring (bicyclic) bond motifs is 1. The minimum Gasteiger partial charge on any atom is -0.454 e. The first kappa shape index (κ1) is 12.2. The van der Waals surface area contributed by atoms with Crippen LogP contribution >= 0.6 is 0 Å². The van der Waals surface area contributed by atoms with E-state index >= 15 is 0 Å². The molecule has 2 heterocycles. The summed E-state index contributed by atoms with van der Waals surface area (Å²) in [5.74, 6) is 0.0520. The zero-order chi connectivity index (χ0) is 14.3. The first-order valence-corrected chi connectivity index (χ1v) is 5.62. The minimum atomic E-state index is -0.644. The average Bonchev–Trinajstić information content (AvgIpc) is 2.98. The second kappa shape index (κ2) is 4.34. The van der Waals surface area contributed by atoms with E-state index < -0.39 is 10.9 Å². The van der Waals surface area contributed by atoms with Gasteiger partial charge in [-0.2, -0.15) is 0 Å². The molecule has 8 nitrogen and oxygen atoms in total. The lowest BCUT2D eigenvalue weighted by atomic mass is 10.1. The van der Waals surface area contributed by atoms with Crippen LogP contribution in [0.25, 0.3) is 6.08 Å². The zero-order valence-corrected chi connectivity index (χ0v) is 10.3. The number of nitro groups is 1. The van der Waals surface area contributed by atoms with Gasteiger partial charge in [0.2, 0.25) is 6.79 Å². The number of hydrogen-bond acceptors (Lipinski definition) is 7. The third kappa shape index (κ3) is 1.87. The molecule has 2 aliphatic heterocycles. The van der Waals surface area contributed by atoms with Crippen LogP contribution in [0.5, 0.6) is 11.5 Å². The summed E-state index contributed by atoms with van der Waals surface area (Å²) < 4.78 is 10.3. The van der Waals surface area contributed by atoms with Crippen LogP contribution in [0.4, 0.5) is 5.69 Å². The van der Waals surface area contributed by atoms with E-state index in [1.807, 2.05) is 0 Å². The van der Waals surface area contributed by atoms with E-state index in [1.54, 1.807) is 6.92 Å².